The molecule has 9 heteroatoms. The Hall–Kier alpha value is -2.13. The van der Waals surface area contributed by atoms with Crippen molar-refractivity contribution in [2.75, 3.05) is 27.3 Å². The van der Waals surface area contributed by atoms with Crippen molar-refractivity contribution in [3.8, 4) is 11.5 Å². The van der Waals surface area contributed by atoms with Gasteiger partial charge in [-0.3, -0.25) is 14.5 Å². The van der Waals surface area contributed by atoms with Gasteiger partial charge in [0.2, 0.25) is 21.8 Å². The van der Waals surface area contributed by atoms with Crippen molar-refractivity contribution in [1.82, 2.24) is 9.21 Å². The number of benzene rings is 1. The molecule has 3 rings (SSSR count). The van der Waals surface area contributed by atoms with Gasteiger partial charge < -0.3 is 9.47 Å². The van der Waals surface area contributed by atoms with Crippen molar-refractivity contribution >= 4 is 21.8 Å². The van der Waals surface area contributed by atoms with Crippen LogP contribution in [-0.2, 0) is 19.6 Å². The summed E-state index contributed by atoms with van der Waals surface area (Å²) >= 11 is 0. The summed E-state index contributed by atoms with van der Waals surface area (Å²) in [6.07, 6.45) is 1.40. The second-order valence-electron chi connectivity index (χ2n) is 6.31. The second kappa shape index (κ2) is 7.24. The van der Waals surface area contributed by atoms with Crippen LogP contribution in [0.1, 0.15) is 25.7 Å². The van der Waals surface area contributed by atoms with E-state index in [0.29, 0.717) is 24.3 Å². The smallest absolute Gasteiger partial charge is 0.243 e. The van der Waals surface area contributed by atoms with Gasteiger partial charge in [0.15, 0.2) is 11.5 Å². The van der Waals surface area contributed by atoms with E-state index >= 15 is 0 Å². The highest BCUT2D eigenvalue weighted by molar-refractivity contribution is 7.89. The number of methoxy groups -OCH3 is 2. The minimum Gasteiger partial charge on any atom is -0.493 e. The summed E-state index contributed by atoms with van der Waals surface area (Å²) in [5.74, 6) is 0.486. The zero-order valence-electron chi connectivity index (χ0n) is 14.8. The number of likely N-dealkylation sites (tertiary alicyclic amines) is 1. The predicted octanol–water partition coefficient (Wildman–Crippen LogP) is 1.01. The van der Waals surface area contributed by atoms with Crippen molar-refractivity contribution in [2.24, 2.45) is 0 Å². The van der Waals surface area contributed by atoms with Gasteiger partial charge in [-0.2, -0.15) is 4.31 Å². The quantitative estimate of drug-likeness (QED) is 0.706. The number of hydrogen-bond donors (Lipinski definition) is 0. The summed E-state index contributed by atoms with van der Waals surface area (Å²) in [7, 11) is -0.752. The third kappa shape index (κ3) is 3.28. The second-order valence-corrected chi connectivity index (χ2v) is 8.25. The van der Waals surface area contributed by atoms with Gasteiger partial charge in [0.1, 0.15) is 0 Å². The Labute approximate surface area is 152 Å². The summed E-state index contributed by atoms with van der Waals surface area (Å²) in [4.78, 5) is 25.2. The monoisotopic (exact) mass is 382 g/mol. The zero-order chi connectivity index (χ0) is 18.9. The van der Waals surface area contributed by atoms with Gasteiger partial charge in [0.25, 0.3) is 0 Å². The number of amides is 2. The first-order valence-corrected chi connectivity index (χ1v) is 9.89. The van der Waals surface area contributed by atoms with Crippen LogP contribution in [0.2, 0.25) is 0 Å². The molecule has 0 aromatic heterocycles. The fourth-order valence-corrected chi connectivity index (χ4v) is 4.95. The Kier molecular flexibility index (Phi) is 5.19. The molecule has 0 spiro atoms. The Bertz CT molecular complexity index is 799. The molecule has 0 aliphatic carbocycles. The van der Waals surface area contributed by atoms with Crippen LogP contribution in [0.25, 0.3) is 0 Å². The number of nitrogens with zero attached hydrogens (tertiary/aromatic N) is 2. The molecule has 142 valence electrons. The lowest BCUT2D eigenvalue weighted by Crippen LogP contribution is -2.48. The van der Waals surface area contributed by atoms with E-state index in [-0.39, 0.29) is 48.7 Å². The maximum absolute atomic E-state index is 12.9. The van der Waals surface area contributed by atoms with E-state index in [9.17, 15) is 18.0 Å². The SMILES string of the molecule is COc1ccc(S(=O)(=O)N2CCC(N3C(=O)CCC3=O)CC2)cc1OC. The van der Waals surface area contributed by atoms with E-state index in [2.05, 4.69) is 0 Å². The van der Waals surface area contributed by atoms with E-state index in [1.54, 1.807) is 6.07 Å². The summed E-state index contributed by atoms with van der Waals surface area (Å²) in [6.45, 7) is 0.525. The molecule has 2 amide bonds. The van der Waals surface area contributed by atoms with Crippen LogP contribution in [0.5, 0.6) is 11.5 Å². The number of ether oxygens (including phenoxy) is 2. The molecule has 26 heavy (non-hydrogen) atoms. The predicted molar refractivity (Wildman–Crippen MR) is 92.4 cm³/mol. The Balaban J connectivity index is 1.74. The number of imide groups is 1. The maximum atomic E-state index is 12.9. The van der Waals surface area contributed by atoms with Gasteiger partial charge in [0.05, 0.1) is 19.1 Å². The number of rotatable bonds is 5. The average molecular weight is 382 g/mol. The molecule has 0 radical (unpaired) electrons. The minimum atomic E-state index is -3.68. The topological polar surface area (TPSA) is 93.2 Å². The molecule has 2 fully saturated rings. The summed E-state index contributed by atoms with van der Waals surface area (Å²) in [5.41, 5.74) is 0. The molecular weight excluding hydrogens is 360 g/mol. The van der Waals surface area contributed by atoms with Gasteiger partial charge in [-0.15, -0.1) is 0 Å². The molecule has 1 aromatic rings. The van der Waals surface area contributed by atoms with Gasteiger partial charge in [-0.25, -0.2) is 8.42 Å². The molecule has 8 nitrogen and oxygen atoms in total. The lowest BCUT2D eigenvalue weighted by Gasteiger charge is -2.35. The average Bonchev–Trinajstić information content (AvgIpc) is 2.99. The van der Waals surface area contributed by atoms with Gasteiger partial charge in [0, 0.05) is 38.0 Å². The van der Waals surface area contributed by atoms with E-state index in [1.165, 1.54) is 35.6 Å². The van der Waals surface area contributed by atoms with Crippen molar-refractivity contribution in [3.63, 3.8) is 0 Å². The Morgan fingerprint density at radius 1 is 0.962 bits per heavy atom. The Morgan fingerprint density at radius 2 is 1.54 bits per heavy atom. The normalized spacial score (nSPS) is 19.8. The van der Waals surface area contributed by atoms with Crippen molar-refractivity contribution in [1.29, 1.82) is 0 Å². The molecular formula is C17H22N2O6S. The Morgan fingerprint density at radius 3 is 2.08 bits per heavy atom. The van der Waals surface area contributed by atoms with Crippen molar-refractivity contribution in [2.45, 2.75) is 36.6 Å². The highest BCUT2D eigenvalue weighted by Gasteiger charge is 2.38. The number of carbonyl (C=O) groups is 2. The molecule has 0 unspecified atom stereocenters. The van der Waals surface area contributed by atoms with Gasteiger partial charge in [-0.1, -0.05) is 0 Å². The first-order valence-electron chi connectivity index (χ1n) is 8.45. The first-order chi connectivity index (χ1) is 12.4. The number of piperidine rings is 1. The van der Waals surface area contributed by atoms with Crippen LogP contribution < -0.4 is 9.47 Å². The number of carbonyl (C=O) groups excluding carboxylic acids is 2. The molecule has 0 bridgehead atoms. The van der Waals surface area contributed by atoms with Crippen LogP contribution >= 0.6 is 0 Å². The van der Waals surface area contributed by atoms with E-state index in [4.69, 9.17) is 9.47 Å². The van der Waals surface area contributed by atoms with E-state index in [0.717, 1.165) is 0 Å². The lowest BCUT2D eigenvalue weighted by atomic mass is 10.1. The highest BCUT2D eigenvalue weighted by atomic mass is 32.2. The summed E-state index contributed by atoms with van der Waals surface area (Å²) in [5, 5.41) is 0. The maximum Gasteiger partial charge on any atom is 0.243 e. The first kappa shape index (κ1) is 18.7. The number of hydrogen-bond acceptors (Lipinski definition) is 6. The third-order valence-corrected chi connectivity index (χ3v) is 6.77. The van der Waals surface area contributed by atoms with Crippen LogP contribution in [0, 0.1) is 0 Å². The zero-order valence-corrected chi connectivity index (χ0v) is 15.6. The lowest BCUT2D eigenvalue weighted by molar-refractivity contribution is -0.141. The van der Waals surface area contributed by atoms with Crippen LogP contribution in [0.3, 0.4) is 0 Å². The van der Waals surface area contributed by atoms with Crippen molar-refractivity contribution < 1.29 is 27.5 Å². The van der Waals surface area contributed by atoms with Crippen LogP contribution in [0.15, 0.2) is 23.1 Å². The largest absolute Gasteiger partial charge is 0.493 e. The van der Waals surface area contributed by atoms with Crippen LogP contribution in [0.4, 0.5) is 0 Å². The molecule has 2 saturated heterocycles. The molecule has 2 aliphatic rings. The summed E-state index contributed by atoms with van der Waals surface area (Å²) < 4.78 is 37.5. The fourth-order valence-electron chi connectivity index (χ4n) is 3.47. The highest BCUT2D eigenvalue weighted by Crippen LogP contribution is 2.32. The molecule has 2 heterocycles. The molecule has 1 aromatic carbocycles. The van der Waals surface area contributed by atoms with Gasteiger partial charge in [-0.05, 0) is 25.0 Å². The molecule has 0 atom stereocenters. The van der Waals surface area contributed by atoms with Crippen molar-refractivity contribution in [3.05, 3.63) is 18.2 Å². The molecule has 2 aliphatic heterocycles. The number of sulfonamides is 1. The molecule has 0 N–H and O–H groups in total. The third-order valence-electron chi connectivity index (χ3n) is 4.87. The van der Waals surface area contributed by atoms with E-state index < -0.39 is 10.0 Å². The standard InChI is InChI=1S/C17H22N2O6S/c1-24-14-4-3-13(11-15(14)25-2)26(22,23)18-9-7-12(8-10-18)19-16(20)5-6-17(19)21/h3-4,11-12H,5-10H2,1-2H3. The van der Waals surface area contributed by atoms with E-state index in [1.807, 2.05) is 0 Å². The molecule has 0 saturated carbocycles. The fraction of sp³-hybridized carbons (Fsp3) is 0.529. The minimum absolute atomic E-state index is 0.127. The van der Waals surface area contributed by atoms with Gasteiger partial charge >= 0.3 is 0 Å². The summed E-state index contributed by atoms with van der Waals surface area (Å²) in [6, 6.07) is 4.26. The van der Waals surface area contributed by atoms with Crippen LogP contribution in [-0.4, -0.2) is 62.8 Å².